The molecule has 6 nitrogen and oxygen atoms in total. The van der Waals surface area contributed by atoms with Crippen LogP contribution in [0.15, 0.2) is 54.9 Å². The van der Waals surface area contributed by atoms with E-state index in [1.54, 1.807) is 12.4 Å². The summed E-state index contributed by atoms with van der Waals surface area (Å²) in [7, 11) is 0. The predicted octanol–water partition coefficient (Wildman–Crippen LogP) is 3.66. The summed E-state index contributed by atoms with van der Waals surface area (Å²) >= 11 is 1.52. The Labute approximate surface area is 165 Å². The zero-order valence-corrected chi connectivity index (χ0v) is 15.7. The molecule has 1 aliphatic heterocycles. The lowest BCUT2D eigenvalue weighted by Gasteiger charge is -2.27. The smallest absolute Gasteiger partial charge is 0.254 e. The van der Waals surface area contributed by atoms with Crippen LogP contribution in [0.25, 0.3) is 21.6 Å². The molecule has 0 saturated heterocycles. The summed E-state index contributed by atoms with van der Waals surface area (Å²) < 4.78 is 0. The number of aromatic hydroxyl groups is 1. The summed E-state index contributed by atoms with van der Waals surface area (Å²) in [5.41, 5.74) is 2.55. The number of thiophene rings is 1. The van der Waals surface area contributed by atoms with E-state index in [0.717, 1.165) is 20.8 Å². The Hall–Kier alpha value is -3.32. The van der Waals surface area contributed by atoms with Crippen molar-refractivity contribution in [1.82, 2.24) is 19.9 Å². The molecule has 0 saturated carbocycles. The van der Waals surface area contributed by atoms with E-state index in [9.17, 15) is 9.90 Å². The molecule has 0 atom stereocenters. The second-order valence-corrected chi connectivity index (χ2v) is 7.72. The third-order valence-corrected chi connectivity index (χ3v) is 6.04. The third kappa shape index (κ3) is 2.80. The fraction of sp³-hybridized carbons (Fsp3) is 0.143. The van der Waals surface area contributed by atoms with E-state index in [2.05, 4.69) is 15.0 Å². The van der Waals surface area contributed by atoms with Crippen molar-refractivity contribution in [3.8, 4) is 17.3 Å². The molecule has 138 valence electrons. The number of fused-ring (bicyclic) bond motifs is 3. The zero-order valence-electron chi connectivity index (χ0n) is 14.9. The van der Waals surface area contributed by atoms with Crippen molar-refractivity contribution in [3.05, 3.63) is 70.9 Å². The Kier molecular flexibility index (Phi) is 4.02. The van der Waals surface area contributed by atoms with Gasteiger partial charge in [-0.25, -0.2) is 4.98 Å². The van der Waals surface area contributed by atoms with Gasteiger partial charge < -0.3 is 10.0 Å². The van der Waals surface area contributed by atoms with Gasteiger partial charge in [0.1, 0.15) is 4.83 Å². The van der Waals surface area contributed by atoms with Gasteiger partial charge >= 0.3 is 0 Å². The van der Waals surface area contributed by atoms with Crippen LogP contribution in [0, 0.1) is 0 Å². The molecule has 1 aromatic carbocycles. The van der Waals surface area contributed by atoms with Crippen LogP contribution in [-0.2, 0) is 13.0 Å². The number of carbonyl (C=O) groups excluding carboxylic acids is 1. The molecule has 1 amide bonds. The van der Waals surface area contributed by atoms with Crippen LogP contribution < -0.4 is 0 Å². The van der Waals surface area contributed by atoms with E-state index < -0.39 is 0 Å². The number of carbonyl (C=O) groups is 1. The number of nitrogens with zero attached hydrogens (tertiary/aromatic N) is 4. The fourth-order valence-electron chi connectivity index (χ4n) is 3.54. The van der Waals surface area contributed by atoms with Crippen LogP contribution >= 0.6 is 11.3 Å². The lowest BCUT2D eigenvalue weighted by atomic mass is 10.0. The van der Waals surface area contributed by atoms with Crippen molar-refractivity contribution < 1.29 is 9.90 Å². The molecular formula is C21H16N4O2S. The van der Waals surface area contributed by atoms with E-state index in [1.807, 2.05) is 47.4 Å². The molecule has 4 aromatic rings. The van der Waals surface area contributed by atoms with Gasteiger partial charge in [0.2, 0.25) is 5.88 Å². The zero-order chi connectivity index (χ0) is 19.1. The lowest BCUT2D eigenvalue weighted by Crippen LogP contribution is -2.35. The summed E-state index contributed by atoms with van der Waals surface area (Å²) in [6.45, 7) is 1.13. The number of amides is 1. The number of hydrogen-bond acceptors (Lipinski definition) is 6. The van der Waals surface area contributed by atoms with E-state index in [4.69, 9.17) is 0 Å². The molecule has 7 heteroatoms. The molecule has 0 aliphatic carbocycles. The third-order valence-electron chi connectivity index (χ3n) is 4.93. The van der Waals surface area contributed by atoms with E-state index in [0.29, 0.717) is 36.3 Å². The van der Waals surface area contributed by atoms with Crippen LogP contribution in [0.3, 0.4) is 0 Å². The maximum absolute atomic E-state index is 12.8. The Morgan fingerprint density at radius 2 is 1.86 bits per heavy atom. The van der Waals surface area contributed by atoms with Crippen LogP contribution in [0.5, 0.6) is 5.88 Å². The van der Waals surface area contributed by atoms with E-state index >= 15 is 0 Å². The van der Waals surface area contributed by atoms with Crippen LogP contribution in [0.4, 0.5) is 0 Å². The average molecular weight is 388 g/mol. The first-order valence-corrected chi connectivity index (χ1v) is 9.78. The first-order chi connectivity index (χ1) is 13.7. The van der Waals surface area contributed by atoms with Gasteiger partial charge in [0, 0.05) is 34.9 Å². The molecule has 1 aliphatic rings. The highest BCUT2D eigenvalue weighted by molar-refractivity contribution is 7.18. The second kappa shape index (κ2) is 6.69. The Bertz CT molecular complexity index is 1180. The Morgan fingerprint density at radius 1 is 1.07 bits per heavy atom. The van der Waals surface area contributed by atoms with Gasteiger partial charge in [-0.3, -0.25) is 9.78 Å². The van der Waals surface area contributed by atoms with Crippen LogP contribution in [-0.4, -0.2) is 37.4 Å². The van der Waals surface area contributed by atoms with Gasteiger partial charge in [-0.15, -0.1) is 11.3 Å². The number of pyridine rings is 1. The summed E-state index contributed by atoms with van der Waals surface area (Å²) in [4.78, 5) is 29.4. The highest BCUT2D eigenvalue weighted by Gasteiger charge is 2.27. The second-order valence-electron chi connectivity index (χ2n) is 6.63. The van der Waals surface area contributed by atoms with Crippen molar-refractivity contribution in [3.63, 3.8) is 0 Å². The summed E-state index contributed by atoms with van der Waals surface area (Å²) in [6, 6.07) is 12.9. The van der Waals surface area contributed by atoms with Gasteiger partial charge in [0.05, 0.1) is 11.9 Å². The molecule has 0 unspecified atom stereocenters. The number of benzene rings is 1. The topological polar surface area (TPSA) is 79.2 Å². The number of rotatable bonds is 2. The van der Waals surface area contributed by atoms with Crippen molar-refractivity contribution in [1.29, 1.82) is 0 Å². The molecule has 0 bridgehead atoms. The molecule has 0 spiro atoms. The first kappa shape index (κ1) is 16.8. The fourth-order valence-corrected chi connectivity index (χ4v) is 4.77. The number of aromatic nitrogens is 3. The highest BCUT2D eigenvalue weighted by Crippen LogP contribution is 2.39. The average Bonchev–Trinajstić information content (AvgIpc) is 3.12. The molecule has 1 N–H and O–H groups in total. The summed E-state index contributed by atoms with van der Waals surface area (Å²) in [5.74, 6) is 0.497. The standard InChI is InChI=1S/C21H16N4O2S/c26-19-17-15-8-11-25(21(27)14-4-2-1-3-5-14)12-16(15)28-20(17)24-18(23-19)13-6-9-22-10-7-13/h1-7,9-10H,8,11-12H2,(H,23,24,26). The monoisotopic (exact) mass is 388 g/mol. The van der Waals surface area contributed by atoms with E-state index in [1.165, 1.54) is 11.3 Å². The minimum Gasteiger partial charge on any atom is -0.493 e. The predicted molar refractivity (Wildman–Crippen MR) is 107 cm³/mol. The summed E-state index contributed by atoms with van der Waals surface area (Å²) in [5, 5.41) is 11.3. The van der Waals surface area contributed by atoms with Gasteiger partial charge in [0.15, 0.2) is 5.82 Å². The minimum absolute atomic E-state index is 0.00264. The van der Waals surface area contributed by atoms with Crippen molar-refractivity contribution in [2.45, 2.75) is 13.0 Å². The van der Waals surface area contributed by atoms with Crippen molar-refractivity contribution >= 4 is 27.5 Å². The van der Waals surface area contributed by atoms with Gasteiger partial charge in [0.25, 0.3) is 5.91 Å². The maximum atomic E-state index is 12.8. The molecule has 5 rings (SSSR count). The molecule has 28 heavy (non-hydrogen) atoms. The number of hydrogen-bond donors (Lipinski definition) is 1. The SMILES string of the molecule is O=C(c1ccccc1)N1CCc2c(sc3nc(-c4ccncc4)nc(O)c23)C1. The first-order valence-electron chi connectivity index (χ1n) is 8.96. The largest absolute Gasteiger partial charge is 0.493 e. The summed E-state index contributed by atoms with van der Waals surface area (Å²) in [6.07, 6.45) is 4.03. The van der Waals surface area contributed by atoms with Gasteiger partial charge in [-0.05, 0) is 36.2 Å². The van der Waals surface area contributed by atoms with Crippen molar-refractivity contribution in [2.24, 2.45) is 0 Å². The normalized spacial score (nSPS) is 13.5. The highest BCUT2D eigenvalue weighted by atomic mass is 32.1. The lowest BCUT2D eigenvalue weighted by molar-refractivity contribution is 0.0737. The van der Waals surface area contributed by atoms with Gasteiger partial charge in [-0.1, -0.05) is 18.2 Å². The quantitative estimate of drug-likeness (QED) is 0.567. The van der Waals surface area contributed by atoms with Crippen LogP contribution in [0.2, 0.25) is 0 Å². The van der Waals surface area contributed by atoms with E-state index in [-0.39, 0.29) is 11.8 Å². The Morgan fingerprint density at radius 3 is 2.64 bits per heavy atom. The molecule has 4 heterocycles. The minimum atomic E-state index is -0.00264. The Balaban J connectivity index is 1.52. The molecule has 0 radical (unpaired) electrons. The van der Waals surface area contributed by atoms with Crippen LogP contribution in [0.1, 0.15) is 20.8 Å². The maximum Gasteiger partial charge on any atom is 0.254 e. The van der Waals surface area contributed by atoms with Gasteiger partial charge in [-0.2, -0.15) is 4.98 Å². The molecule has 3 aromatic heterocycles. The molecule has 0 fully saturated rings. The molecular weight excluding hydrogens is 372 g/mol. The van der Waals surface area contributed by atoms with Crippen molar-refractivity contribution in [2.75, 3.05) is 6.54 Å².